The average molecular weight is 393 g/mol. The molecule has 1 aliphatic rings. The summed E-state index contributed by atoms with van der Waals surface area (Å²) in [4.78, 5) is 27.4. The molecule has 0 fully saturated rings. The monoisotopic (exact) mass is 393 g/mol. The lowest BCUT2D eigenvalue weighted by atomic mass is 9.83. The summed E-state index contributed by atoms with van der Waals surface area (Å²) in [6.07, 6.45) is 1.56. The first kappa shape index (κ1) is 20.5. The fraction of sp³-hybridized carbons (Fsp3) is 0.250. The van der Waals surface area contributed by atoms with E-state index in [1.807, 2.05) is 31.2 Å². The van der Waals surface area contributed by atoms with Crippen LogP contribution in [0.2, 0.25) is 0 Å². The van der Waals surface area contributed by atoms with Gasteiger partial charge in [-0.05, 0) is 37.1 Å². The molecule has 2 aromatic rings. The Labute approximate surface area is 170 Å². The highest BCUT2D eigenvalue weighted by Gasteiger charge is 2.37. The minimum Gasteiger partial charge on any atom is -0.458 e. The second-order valence-corrected chi connectivity index (χ2v) is 7.17. The summed E-state index contributed by atoms with van der Waals surface area (Å²) in [5, 5.41) is 0. The van der Waals surface area contributed by atoms with E-state index < -0.39 is 17.7 Å². The van der Waals surface area contributed by atoms with Crippen LogP contribution in [0.25, 0.3) is 0 Å². The summed E-state index contributed by atoms with van der Waals surface area (Å²) in [7, 11) is 0. The third kappa shape index (κ3) is 4.62. The maximum atomic E-state index is 13.8. The van der Waals surface area contributed by atoms with Gasteiger partial charge < -0.3 is 9.64 Å². The molecule has 0 N–H and O–H groups in total. The number of esters is 1. The molecular formula is C24H24FNO3. The molecule has 0 aliphatic carbocycles. The SMILES string of the molecule is C=CCOC(=O)C1=C(C)N(Cc2cccc(C)c2)C(=O)CC1c1cccc(F)c1. The fourth-order valence-electron chi connectivity index (χ4n) is 3.68. The summed E-state index contributed by atoms with van der Waals surface area (Å²) < 4.78 is 19.1. The summed E-state index contributed by atoms with van der Waals surface area (Å²) in [6, 6.07) is 13.9. The van der Waals surface area contributed by atoms with E-state index in [1.165, 1.54) is 18.2 Å². The second-order valence-electron chi connectivity index (χ2n) is 7.17. The van der Waals surface area contributed by atoms with E-state index in [9.17, 15) is 14.0 Å². The number of aryl methyl sites for hydroxylation is 1. The van der Waals surface area contributed by atoms with Gasteiger partial charge in [0.2, 0.25) is 5.91 Å². The maximum Gasteiger partial charge on any atom is 0.336 e. The first-order chi connectivity index (χ1) is 13.9. The molecule has 1 heterocycles. The zero-order valence-electron chi connectivity index (χ0n) is 16.7. The average Bonchev–Trinajstić information content (AvgIpc) is 2.69. The topological polar surface area (TPSA) is 46.6 Å². The van der Waals surface area contributed by atoms with Crippen LogP contribution in [-0.2, 0) is 20.9 Å². The van der Waals surface area contributed by atoms with Crippen molar-refractivity contribution in [1.82, 2.24) is 4.90 Å². The summed E-state index contributed by atoms with van der Waals surface area (Å²) in [5.74, 6) is -1.59. The molecule has 0 saturated heterocycles. The van der Waals surface area contributed by atoms with E-state index in [2.05, 4.69) is 6.58 Å². The fourth-order valence-corrected chi connectivity index (χ4v) is 3.68. The van der Waals surface area contributed by atoms with E-state index in [0.29, 0.717) is 23.4 Å². The van der Waals surface area contributed by atoms with Gasteiger partial charge in [0, 0.05) is 18.0 Å². The maximum absolute atomic E-state index is 13.8. The van der Waals surface area contributed by atoms with Crippen molar-refractivity contribution in [3.05, 3.63) is 95.0 Å². The molecule has 0 spiro atoms. The Balaban J connectivity index is 2.03. The lowest BCUT2D eigenvalue weighted by Crippen LogP contribution is -2.38. The Morgan fingerprint density at radius 2 is 2.00 bits per heavy atom. The molecule has 1 amide bonds. The first-order valence-corrected chi connectivity index (χ1v) is 9.51. The van der Waals surface area contributed by atoms with Crippen molar-refractivity contribution in [2.24, 2.45) is 0 Å². The van der Waals surface area contributed by atoms with E-state index >= 15 is 0 Å². The van der Waals surface area contributed by atoms with Gasteiger partial charge in [0.1, 0.15) is 12.4 Å². The quantitative estimate of drug-likeness (QED) is 0.530. The predicted molar refractivity (Wildman–Crippen MR) is 109 cm³/mol. The first-order valence-electron chi connectivity index (χ1n) is 9.51. The highest BCUT2D eigenvalue weighted by molar-refractivity contribution is 5.95. The minimum atomic E-state index is -0.552. The smallest absolute Gasteiger partial charge is 0.336 e. The number of nitrogens with zero attached hydrogens (tertiary/aromatic N) is 1. The van der Waals surface area contributed by atoms with Gasteiger partial charge in [-0.1, -0.05) is 54.6 Å². The second kappa shape index (κ2) is 8.86. The summed E-state index contributed by atoms with van der Waals surface area (Å²) in [5.41, 5.74) is 3.56. The largest absolute Gasteiger partial charge is 0.458 e. The van der Waals surface area contributed by atoms with Crippen molar-refractivity contribution in [2.45, 2.75) is 32.7 Å². The molecule has 1 aliphatic heterocycles. The van der Waals surface area contributed by atoms with Gasteiger partial charge in [-0.2, -0.15) is 0 Å². The van der Waals surface area contributed by atoms with Crippen LogP contribution < -0.4 is 0 Å². The molecule has 3 rings (SSSR count). The number of allylic oxidation sites excluding steroid dienone is 1. The molecule has 4 nitrogen and oxygen atoms in total. The number of rotatable bonds is 6. The van der Waals surface area contributed by atoms with Gasteiger partial charge in [0.15, 0.2) is 0 Å². The van der Waals surface area contributed by atoms with Gasteiger partial charge in [-0.25, -0.2) is 9.18 Å². The molecule has 1 atom stereocenters. The third-order valence-electron chi connectivity index (χ3n) is 5.05. The Hall–Kier alpha value is -3.21. The highest BCUT2D eigenvalue weighted by atomic mass is 19.1. The van der Waals surface area contributed by atoms with Crippen LogP contribution in [0, 0.1) is 12.7 Å². The van der Waals surface area contributed by atoms with Crippen LogP contribution in [0.3, 0.4) is 0 Å². The predicted octanol–water partition coefficient (Wildman–Crippen LogP) is 4.65. The normalized spacial score (nSPS) is 16.7. The zero-order valence-corrected chi connectivity index (χ0v) is 16.7. The van der Waals surface area contributed by atoms with E-state index in [0.717, 1.165) is 11.1 Å². The summed E-state index contributed by atoms with van der Waals surface area (Å²) in [6.45, 7) is 7.73. The Kier molecular flexibility index (Phi) is 6.27. The number of carbonyl (C=O) groups is 2. The number of benzene rings is 2. The van der Waals surface area contributed by atoms with Crippen molar-refractivity contribution in [3.8, 4) is 0 Å². The van der Waals surface area contributed by atoms with Gasteiger partial charge >= 0.3 is 5.97 Å². The van der Waals surface area contributed by atoms with Crippen LogP contribution >= 0.6 is 0 Å². The zero-order chi connectivity index (χ0) is 21.0. The number of hydrogen-bond donors (Lipinski definition) is 0. The van der Waals surface area contributed by atoms with Crippen LogP contribution in [0.1, 0.15) is 36.0 Å². The molecule has 0 saturated carbocycles. The van der Waals surface area contributed by atoms with Crippen molar-refractivity contribution in [1.29, 1.82) is 0 Å². The number of carbonyl (C=O) groups excluding carboxylic acids is 2. The summed E-state index contributed by atoms with van der Waals surface area (Å²) >= 11 is 0. The number of amides is 1. The van der Waals surface area contributed by atoms with Crippen LogP contribution in [0.15, 0.2) is 72.5 Å². The Bertz CT molecular complexity index is 980. The Morgan fingerprint density at radius 1 is 1.24 bits per heavy atom. The molecule has 0 aromatic heterocycles. The molecule has 1 unspecified atom stereocenters. The molecular weight excluding hydrogens is 369 g/mol. The van der Waals surface area contributed by atoms with Crippen molar-refractivity contribution < 1.29 is 18.7 Å². The molecule has 5 heteroatoms. The third-order valence-corrected chi connectivity index (χ3v) is 5.05. The lowest BCUT2D eigenvalue weighted by Gasteiger charge is -2.34. The number of halogens is 1. The van der Waals surface area contributed by atoms with Crippen LogP contribution in [0.5, 0.6) is 0 Å². The van der Waals surface area contributed by atoms with Crippen molar-refractivity contribution >= 4 is 11.9 Å². The van der Waals surface area contributed by atoms with Gasteiger partial charge in [0.05, 0.1) is 12.1 Å². The van der Waals surface area contributed by atoms with Gasteiger partial charge in [-0.3, -0.25) is 4.79 Å². The van der Waals surface area contributed by atoms with Crippen LogP contribution in [-0.4, -0.2) is 23.4 Å². The highest BCUT2D eigenvalue weighted by Crippen LogP contribution is 2.37. The van der Waals surface area contributed by atoms with Gasteiger partial charge in [-0.15, -0.1) is 0 Å². The number of ether oxygens (including phenoxy) is 1. The van der Waals surface area contributed by atoms with E-state index in [-0.39, 0.29) is 18.9 Å². The molecule has 0 bridgehead atoms. The number of hydrogen-bond acceptors (Lipinski definition) is 3. The van der Waals surface area contributed by atoms with Crippen LogP contribution in [0.4, 0.5) is 4.39 Å². The lowest BCUT2D eigenvalue weighted by molar-refractivity contribution is -0.139. The van der Waals surface area contributed by atoms with Gasteiger partial charge in [0.25, 0.3) is 0 Å². The van der Waals surface area contributed by atoms with E-state index in [4.69, 9.17) is 4.74 Å². The molecule has 0 radical (unpaired) electrons. The van der Waals surface area contributed by atoms with Crippen molar-refractivity contribution in [3.63, 3.8) is 0 Å². The van der Waals surface area contributed by atoms with E-state index in [1.54, 1.807) is 24.0 Å². The molecule has 150 valence electrons. The standard InChI is InChI=1S/C24H24FNO3/c1-4-11-29-24(28)23-17(3)26(15-18-8-5-7-16(2)12-18)22(27)14-21(23)19-9-6-10-20(25)13-19/h4-10,12-13,21H,1,11,14-15H2,2-3H3. The molecule has 29 heavy (non-hydrogen) atoms. The minimum absolute atomic E-state index is 0.0668. The molecule has 2 aromatic carbocycles. The Morgan fingerprint density at radius 3 is 2.69 bits per heavy atom. The van der Waals surface area contributed by atoms with Crippen molar-refractivity contribution in [2.75, 3.05) is 6.61 Å².